The maximum Gasteiger partial charge on any atom is 0.243 e. The van der Waals surface area contributed by atoms with Crippen LogP contribution in [0.3, 0.4) is 0 Å². The lowest BCUT2D eigenvalue weighted by Crippen LogP contribution is -2.54. The first-order valence-corrected chi connectivity index (χ1v) is 9.29. The first kappa shape index (κ1) is 16.4. The first-order chi connectivity index (χ1) is 12.1. The van der Waals surface area contributed by atoms with Gasteiger partial charge in [0.25, 0.3) is 0 Å². The van der Waals surface area contributed by atoms with Crippen molar-refractivity contribution in [2.45, 2.75) is 38.5 Å². The van der Waals surface area contributed by atoms with Crippen LogP contribution in [0.4, 0.5) is 5.69 Å². The van der Waals surface area contributed by atoms with E-state index < -0.39 is 0 Å². The predicted molar refractivity (Wildman–Crippen MR) is 95.2 cm³/mol. The summed E-state index contributed by atoms with van der Waals surface area (Å²) in [6, 6.07) is 7.27. The molecule has 134 valence electrons. The Morgan fingerprint density at radius 1 is 1.08 bits per heavy atom. The van der Waals surface area contributed by atoms with Crippen molar-refractivity contribution in [3.63, 3.8) is 0 Å². The zero-order valence-corrected chi connectivity index (χ0v) is 14.7. The molecule has 4 saturated carbocycles. The summed E-state index contributed by atoms with van der Waals surface area (Å²) in [6.45, 7) is 0.0125. The highest BCUT2D eigenvalue weighted by molar-refractivity contribution is 5.96. The number of ether oxygens (including phenoxy) is 1. The van der Waals surface area contributed by atoms with Crippen LogP contribution in [0.15, 0.2) is 24.3 Å². The van der Waals surface area contributed by atoms with Crippen LogP contribution in [0.5, 0.6) is 5.75 Å². The Morgan fingerprint density at radius 2 is 1.68 bits per heavy atom. The van der Waals surface area contributed by atoms with Gasteiger partial charge in [-0.1, -0.05) is 12.1 Å². The Hall–Kier alpha value is -2.04. The van der Waals surface area contributed by atoms with Crippen molar-refractivity contribution in [3.05, 3.63) is 24.3 Å². The number of hydrogen-bond acceptors (Lipinski definition) is 3. The Balaban J connectivity index is 1.35. The fraction of sp³-hybridized carbons (Fsp3) is 0.600. The molecule has 1 aromatic rings. The van der Waals surface area contributed by atoms with Gasteiger partial charge >= 0.3 is 0 Å². The van der Waals surface area contributed by atoms with Crippen molar-refractivity contribution in [1.82, 2.24) is 5.32 Å². The molecule has 1 aromatic carbocycles. The molecule has 5 rings (SSSR count). The van der Waals surface area contributed by atoms with Crippen LogP contribution in [0.1, 0.15) is 38.5 Å². The molecule has 4 fully saturated rings. The third-order valence-corrected chi connectivity index (χ3v) is 6.31. The Labute approximate surface area is 148 Å². The minimum Gasteiger partial charge on any atom is -0.495 e. The van der Waals surface area contributed by atoms with E-state index in [-0.39, 0.29) is 23.8 Å². The number of anilines is 1. The van der Waals surface area contributed by atoms with Gasteiger partial charge in [-0.05, 0) is 68.4 Å². The van der Waals surface area contributed by atoms with E-state index in [4.69, 9.17) is 4.74 Å². The molecule has 2 amide bonds. The molecular formula is C20H26N2O3. The van der Waals surface area contributed by atoms with Crippen molar-refractivity contribution in [2.24, 2.45) is 23.2 Å². The normalized spacial score (nSPS) is 32.3. The number of carbonyl (C=O) groups is 2. The number of hydrogen-bond donors (Lipinski definition) is 2. The second kappa shape index (κ2) is 6.36. The first-order valence-electron chi connectivity index (χ1n) is 9.29. The van der Waals surface area contributed by atoms with Gasteiger partial charge < -0.3 is 15.4 Å². The molecule has 5 nitrogen and oxygen atoms in total. The van der Waals surface area contributed by atoms with Crippen LogP contribution in [0.25, 0.3) is 0 Å². The number of benzene rings is 1. The van der Waals surface area contributed by atoms with Crippen molar-refractivity contribution >= 4 is 17.5 Å². The van der Waals surface area contributed by atoms with Gasteiger partial charge in [-0.25, -0.2) is 0 Å². The van der Waals surface area contributed by atoms with Gasteiger partial charge in [-0.3, -0.25) is 9.59 Å². The molecule has 4 aliphatic carbocycles. The van der Waals surface area contributed by atoms with E-state index in [9.17, 15) is 9.59 Å². The van der Waals surface area contributed by atoms with Gasteiger partial charge in [0.2, 0.25) is 11.8 Å². The van der Waals surface area contributed by atoms with Crippen molar-refractivity contribution in [1.29, 1.82) is 0 Å². The molecule has 25 heavy (non-hydrogen) atoms. The summed E-state index contributed by atoms with van der Waals surface area (Å²) >= 11 is 0. The van der Waals surface area contributed by atoms with Crippen LogP contribution in [-0.4, -0.2) is 25.5 Å². The number of para-hydroxylation sites is 2. The fourth-order valence-electron chi connectivity index (χ4n) is 5.68. The van der Waals surface area contributed by atoms with Crippen molar-refractivity contribution in [3.8, 4) is 5.75 Å². The maximum atomic E-state index is 12.9. The van der Waals surface area contributed by atoms with Gasteiger partial charge in [-0.15, -0.1) is 0 Å². The van der Waals surface area contributed by atoms with E-state index in [1.165, 1.54) is 19.3 Å². The number of methoxy groups -OCH3 is 1. The van der Waals surface area contributed by atoms with E-state index in [2.05, 4.69) is 10.6 Å². The molecule has 0 radical (unpaired) electrons. The van der Waals surface area contributed by atoms with Gasteiger partial charge in [0.15, 0.2) is 0 Å². The largest absolute Gasteiger partial charge is 0.495 e. The highest BCUT2D eigenvalue weighted by Crippen LogP contribution is 2.60. The van der Waals surface area contributed by atoms with Crippen molar-refractivity contribution < 1.29 is 14.3 Å². The SMILES string of the molecule is COc1ccccc1NC(=O)CNC(=O)C12CC3CC(CC(C3)C1)C2. The van der Waals surface area contributed by atoms with Gasteiger partial charge in [0.05, 0.1) is 19.3 Å². The fourth-order valence-corrected chi connectivity index (χ4v) is 5.68. The summed E-state index contributed by atoms with van der Waals surface area (Å²) in [7, 11) is 1.57. The average molecular weight is 342 g/mol. The molecular weight excluding hydrogens is 316 g/mol. The Bertz CT molecular complexity index is 650. The molecule has 0 saturated heterocycles. The number of carbonyl (C=O) groups excluding carboxylic acids is 2. The van der Waals surface area contributed by atoms with Gasteiger partial charge in [-0.2, -0.15) is 0 Å². The third-order valence-electron chi connectivity index (χ3n) is 6.31. The van der Waals surface area contributed by atoms with E-state index in [1.54, 1.807) is 19.2 Å². The van der Waals surface area contributed by atoms with E-state index in [0.717, 1.165) is 37.0 Å². The second-order valence-corrected chi connectivity index (χ2v) is 8.13. The lowest BCUT2D eigenvalue weighted by molar-refractivity contribution is -0.146. The van der Waals surface area contributed by atoms with Crippen molar-refractivity contribution in [2.75, 3.05) is 19.0 Å². The average Bonchev–Trinajstić information content (AvgIpc) is 2.59. The van der Waals surface area contributed by atoms with Crippen LogP contribution in [-0.2, 0) is 9.59 Å². The standard InChI is InChI=1S/C20H26N2O3/c1-25-17-5-3-2-4-16(17)22-18(23)12-21-19(24)20-9-13-6-14(10-20)8-15(7-13)11-20/h2-5,13-15H,6-12H2,1H3,(H,21,24)(H,22,23). The summed E-state index contributed by atoms with van der Waals surface area (Å²) in [5, 5.41) is 5.72. The van der Waals surface area contributed by atoms with E-state index in [0.29, 0.717) is 11.4 Å². The zero-order chi connectivity index (χ0) is 17.4. The summed E-state index contributed by atoms with van der Waals surface area (Å²) in [5.74, 6) is 2.64. The molecule has 0 spiro atoms. The highest BCUT2D eigenvalue weighted by atomic mass is 16.5. The molecule has 0 heterocycles. The smallest absolute Gasteiger partial charge is 0.243 e. The predicted octanol–water partition coefficient (Wildman–Crippen LogP) is 2.97. The summed E-state index contributed by atoms with van der Waals surface area (Å²) in [6.07, 6.45) is 6.96. The summed E-state index contributed by atoms with van der Waals surface area (Å²) < 4.78 is 5.23. The molecule has 0 aliphatic heterocycles. The number of amides is 2. The minimum absolute atomic E-state index is 0.0125. The quantitative estimate of drug-likeness (QED) is 0.864. The molecule has 4 bridgehead atoms. The monoisotopic (exact) mass is 342 g/mol. The van der Waals surface area contributed by atoms with Crippen LogP contribution in [0.2, 0.25) is 0 Å². The maximum absolute atomic E-state index is 12.9. The summed E-state index contributed by atoms with van der Waals surface area (Å²) in [5.41, 5.74) is 0.415. The number of rotatable bonds is 5. The van der Waals surface area contributed by atoms with E-state index >= 15 is 0 Å². The Morgan fingerprint density at radius 3 is 2.28 bits per heavy atom. The van der Waals surface area contributed by atoms with E-state index in [1.807, 2.05) is 12.1 Å². The van der Waals surface area contributed by atoms with Crippen LogP contribution >= 0.6 is 0 Å². The van der Waals surface area contributed by atoms with Crippen LogP contribution < -0.4 is 15.4 Å². The topological polar surface area (TPSA) is 67.4 Å². The summed E-state index contributed by atoms with van der Waals surface area (Å²) in [4.78, 5) is 25.1. The van der Waals surface area contributed by atoms with Crippen LogP contribution in [0, 0.1) is 23.2 Å². The second-order valence-electron chi connectivity index (χ2n) is 8.13. The number of nitrogens with one attached hydrogen (secondary N) is 2. The highest BCUT2D eigenvalue weighted by Gasteiger charge is 2.54. The lowest BCUT2D eigenvalue weighted by Gasteiger charge is -2.55. The third kappa shape index (κ3) is 3.12. The lowest BCUT2D eigenvalue weighted by atomic mass is 9.49. The minimum atomic E-state index is -0.220. The molecule has 0 unspecified atom stereocenters. The molecule has 5 heteroatoms. The molecule has 0 aromatic heterocycles. The molecule has 2 N–H and O–H groups in total. The van der Waals surface area contributed by atoms with Gasteiger partial charge in [0.1, 0.15) is 5.75 Å². The van der Waals surface area contributed by atoms with Gasteiger partial charge in [0, 0.05) is 5.41 Å². The Kier molecular flexibility index (Phi) is 4.18. The molecule has 4 aliphatic rings. The molecule has 0 atom stereocenters. The zero-order valence-electron chi connectivity index (χ0n) is 14.7.